The number of piperidine rings is 1. The van der Waals surface area contributed by atoms with Crippen LogP contribution in [0.25, 0.3) is 0 Å². The molecule has 2 aliphatic rings. The summed E-state index contributed by atoms with van der Waals surface area (Å²) in [5.41, 5.74) is 1.68. The Labute approximate surface area is 176 Å². The van der Waals surface area contributed by atoms with Crippen LogP contribution in [0.5, 0.6) is 0 Å². The van der Waals surface area contributed by atoms with Gasteiger partial charge in [-0.05, 0) is 44.2 Å². The summed E-state index contributed by atoms with van der Waals surface area (Å²) in [7, 11) is -3.45. The van der Waals surface area contributed by atoms with E-state index in [4.69, 9.17) is 4.98 Å². The fourth-order valence-corrected chi connectivity index (χ4v) is 6.60. The van der Waals surface area contributed by atoms with E-state index in [1.54, 1.807) is 27.8 Å². The van der Waals surface area contributed by atoms with Gasteiger partial charge in [0.1, 0.15) is 0 Å². The van der Waals surface area contributed by atoms with Gasteiger partial charge in [0.15, 0.2) is 0 Å². The molecule has 0 atom stereocenters. The number of hydrogen-bond acceptors (Lipinski definition) is 5. The number of nitrogens with zero attached hydrogens (tertiary/aromatic N) is 2. The van der Waals surface area contributed by atoms with Gasteiger partial charge < -0.3 is 5.32 Å². The maximum Gasteiger partial charge on any atom is 0.243 e. The summed E-state index contributed by atoms with van der Waals surface area (Å²) in [6, 6.07) is 7.14. The van der Waals surface area contributed by atoms with Gasteiger partial charge in [0.25, 0.3) is 0 Å². The van der Waals surface area contributed by atoms with Gasteiger partial charge in [0.2, 0.25) is 15.9 Å². The highest BCUT2D eigenvalue weighted by atomic mass is 32.2. The lowest BCUT2D eigenvalue weighted by atomic mass is 9.85. The molecule has 1 aliphatic heterocycles. The SMILES string of the molecule is Cc1ccccc1S(=O)(=O)N1CCC(c2nc(CNC(=O)C3CCC3)cs2)CC1. The quantitative estimate of drug-likeness (QED) is 0.757. The maximum atomic E-state index is 13.0. The number of sulfonamides is 1. The van der Waals surface area contributed by atoms with Gasteiger partial charge in [0.05, 0.1) is 22.1 Å². The van der Waals surface area contributed by atoms with Crippen molar-refractivity contribution in [3.05, 3.63) is 45.9 Å². The highest BCUT2D eigenvalue weighted by Crippen LogP contribution is 2.33. The number of rotatable bonds is 6. The molecule has 156 valence electrons. The molecule has 0 unspecified atom stereocenters. The summed E-state index contributed by atoms with van der Waals surface area (Å²) in [5, 5.41) is 6.04. The third-order valence-electron chi connectivity index (χ3n) is 6.00. The van der Waals surface area contributed by atoms with Crippen LogP contribution in [-0.2, 0) is 21.4 Å². The van der Waals surface area contributed by atoms with E-state index in [1.165, 1.54) is 0 Å². The van der Waals surface area contributed by atoms with Crippen LogP contribution in [0.3, 0.4) is 0 Å². The fourth-order valence-electron chi connectivity index (χ4n) is 3.91. The summed E-state index contributed by atoms with van der Waals surface area (Å²) < 4.78 is 27.5. The Hall–Kier alpha value is -1.77. The first-order valence-corrected chi connectivity index (χ1v) is 12.5. The Morgan fingerprint density at radius 1 is 1.21 bits per heavy atom. The number of carbonyl (C=O) groups excluding carboxylic acids is 1. The average Bonchev–Trinajstić information content (AvgIpc) is 3.14. The number of aromatic nitrogens is 1. The molecule has 4 rings (SSSR count). The molecule has 0 bridgehead atoms. The lowest BCUT2D eigenvalue weighted by molar-refractivity contribution is -0.127. The van der Waals surface area contributed by atoms with Gasteiger partial charge in [0, 0.05) is 30.3 Å². The first-order chi connectivity index (χ1) is 13.9. The zero-order valence-electron chi connectivity index (χ0n) is 16.6. The lowest BCUT2D eigenvalue weighted by Crippen LogP contribution is -2.38. The largest absolute Gasteiger partial charge is 0.350 e. The molecule has 8 heteroatoms. The zero-order chi connectivity index (χ0) is 20.4. The van der Waals surface area contributed by atoms with Gasteiger partial charge in [-0.3, -0.25) is 4.79 Å². The van der Waals surface area contributed by atoms with Crippen LogP contribution in [0, 0.1) is 12.8 Å². The summed E-state index contributed by atoms with van der Waals surface area (Å²) in [6.07, 6.45) is 4.69. The molecule has 1 saturated heterocycles. The third-order valence-corrected chi connectivity index (χ3v) is 9.12. The van der Waals surface area contributed by atoms with E-state index in [2.05, 4.69) is 5.32 Å². The van der Waals surface area contributed by atoms with Gasteiger partial charge in [-0.2, -0.15) is 4.31 Å². The van der Waals surface area contributed by atoms with E-state index in [-0.39, 0.29) is 17.7 Å². The molecule has 0 spiro atoms. The number of hydrogen-bond donors (Lipinski definition) is 1. The van der Waals surface area contributed by atoms with Crippen LogP contribution in [0.4, 0.5) is 0 Å². The number of benzene rings is 1. The molecule has 6 nitrogen and oxygen atoms in total. The molecular weight excluding hydrogens is 406 g/mol. The van der Waals surface area contributed by atoms with Crippen molar-refractivity contribution in [3.63, 3.8) is 0 Å². The van der Waals surface area contributed by atoms with E-state index in [1.807, 2.05) is 24.4 Å². The normalized spacial score (nSPS) is 19.1. The second kappa shape index (κ2) is 8.53. The lowest BCUT2D eigenvalue weighted by Gasteiger charge is -2.30. The predicted molar refractivity (Wildman–Crippen MR) is 113 cm³/mol. The van der Waals surface area contributed by atoms with Crippen molar-refractivity contribution in [1.29, 1.82) is 0 Å². The van der Waals surface area contributed by atoms with Gasteiger partial charge >= 0.3 is 0 Å². The molecule has 1 aliphatic carbocycles. The number of amides is 1. The summed E-state index contributed by atoms with van der Waals surface area (Å²) in [4.78, 5) is 17.1. The second-order valence-corrected chi connectivity index (χ2v) is 10.8. The van der Waals surface area contributed by atoms with E-state index in [0.717, 1.165) is 48.4 Å². The summed E-state index contributed by atoms with van der Waals surface area (Å²) in [6.45, 7) is 3.33. The van der Waals surface area contributed by atoms with E-state index in [9.17, 15) is 13.2 Å². The van der Waals surface area contributed by atoms with Crippen molar-refractivity contribution in [2.45, 2.75) is 56.4 Å². The van der Waals surface area contributed by atoms with Crippen molar-refractivity contribution < 1.29 is 13.2 Å². The summed E-state index contributed by atoms with van der Waals surface area (Å²) in [5.74, 6) is 0.604. The molecular formula is C21H27N3O3S2. The molecule has 1 N–H and O–H groups in total. The minimum atomic E-state index is -3.45. The number of thiazole rings is 1. The third kappa shape index (κ3) is 4.39. The van der Waals surface area contributed by atoms with Crippen molar-refractivity contribution in [2.24, 2.45) is 5.92 Å². The first kappa shape index (κ1) is 20.5. The Kier molecular flexibility index (Phi) is 6.03. The molecule has 1 aromatic heterocycles. The Balaban J connectivity index is 1.33. The minimum absolute atomic E-state index is 0.139. The molecule has 1 aromatic carbocycles. The predicted octanol–water partition coefficient (Wildman–Crippen LogP) is 3.44. The van der Waals surface area contributed by atoms with Crippen LogP contribution < -0.4 is 5.32 Å². The molecule has 0 radical (unpaired) electrons. The second-order valence-electron chi connectivity index (χ2n) is 7.97. The Bertz CT molecular complexity index is 975. The molecule has 29 heavy (non-hydrogen) atoms. The molecule has 1 amide bonds. The van der Waals surface area contributed by atoms with E-state index < -0.39 is 10.0 Å². The van der Waals surface area contributed by atoms with Crippen molar-refractivity contribution in [2.75, 3.05) is 13.1 Å². The molecule has 1 saturated carbocycles. The van der Waals surface area contributed by atoms with E-state index >= 15 is 0 Å². The van der Waals surface area contributed by atoms with Crippen LogP contribution in [0.1, 0.15) is 54.3 Å². The van der Waals surface area contributed by atoms with Crippen LogP contribution in [0.15, 0.2) is 34.5 Å². The minimum Gasteiger partial charge on any atom is -0.350 e. The highest BCUT2D eigenvalue weighted by molar-refractivity contribution is 7.89. The zero-order valence-corrected chi connectivity index (χ0v) is 18.3. The van der Waals surface area contributed by atoms with Crippen molar-refractivity contribution in [3.8, 4) is 0 Å². The van der Waals surface area contributed by atoms with Crippen molar-refractivity contribution >= 4 is 27.3 Å². The van der Waals surface area contributed by atoms with Crippen LogP contribution >= 0.6 is 11.3 Å². The monoisotopic (exact) mass is 433 g/mol. The number of carbonyl (C=O) groups is 1. The first-order valence-electron chi connectivity index (χ1n) is 10.2. The Morgan fingerprint density at radius 2 is 1.93 bits per heavy atom. The number of nitrogens with one attached hydrogen (secondary N) is 1. The standard InChI is InChI=1S/C21H27N3O3S2/c1-15-5-2-3-8-19(15)29(26,27)24-11-9-17(10-12-24)21-23-18(14-28-21)13-22-20(25)16-6-4-7-16/h2-3,5,8,14,16-17H,4,6-7,9-13H2,1H3,(H,22,25). The number of aryl methyl sites for hydroxylation is 1. The van der Waals surface area contributed by atoms with Crippen molar-refractivity contribution in [1.82, 2.24) is 14.6 Å². The smallest absolute Gasteiger partial charge is 0.243 e. The maximum absolute atomic E-state index is 13.0. The van der Waals surface area contributed by atoms with E-state index in [0.29, 0.717) is 24.5 Å². The topological polar surface area (TPSA) is 79.4 Å². The Morgan fingerprint density at radius 3 is 2.59 bits per heavy atom. The fraction of sp³-hybridized carbons (Fsp3) is 0.524. The van der Waals surface area contributed by atoms with Gasteiger partial charge in [-0.1, -0.05) is 24.6 Å². The van der Waals surface area contributed by atoms with Crippen LogP contribution in [-0.4, -0.2) is 36.7 Å². The molecule has 2 aromatic rings. The highest BCUT2D eigenvalue weighted by Gasteiger charge is 2.32. The van der Waals surface area contributed by atoms with Crippen LogP contribution in [0.2, 0.25) is 0 Å². The molecule has 2 heterocycles. The average molecular weight is 434 g/mol. The molecule has 2 fully saturated rings. The van der Waals surface area contributed by atoms with Gasteiger partial charge in [-0.25, -0.2) is 13.4 Å². The van der Waals surface area contributed by atoms with Gasteiger partial charge in [-0.15, -0.1) is 11.3 Å². The summed E-state index contributed by atoms with van der Waals surface area (Å²) >= 11 is 1.61.